The van der Waals surface area contributed by atoms with E-state index in [2.05, 4.69) is 19.9 Å². The van der Waals surface area contributed by atoms with Gasteiger partial charge in [-0.25, -0.2) is 4.79 Å². The lowest BCUT2D eigenvalue weighted by atomic mass is 9.49. The van der Waals surface area contributed by atoms with E-state index in [9.17, 15) is 4.79 Å². The monoisotopic (exact) mass is 256 g/mol. The molecule has 1 saturated carbocycles. The fourth-order valence-electron chi connectivity index (χ4n) is 3.45. The van der Waals surface area contributed by atoms with Crippen LogP contribution in [0.1, 0.15) is 37.0 Å². The molecule has 4 rings (SSSR count). The number of ether oxygens (including phenoxy) is 1. The summed E-state index contributed by atoms with van der Waals surface area (Å²) in [6.07, 6.45) is 4.69. The molecule has 0 heterocycles. The van der Waals surface area contributed by atoms with Crippen molar-refractivity contribution in [3.63, 3.8) is 0 Å². The van der Waals surface area contributed by atoms with Crippen LogP contribution in [-0.2, 0) is 4.74 Å². The van der Waals surface area contributed by atoms with Gasteiger partial charge in [0.15, 0.2) is 0 Å². The van der Waals surface area contributed by atoms with Crippen LogP contribution < -0.4 is 0 Å². The molecule has 100 valence electrons. The van der Waals surface area contributed by atoms with Gasteiger partial charge in [-0.3, -0.25) is 0 Å². The fraction of sp³-hybridized carbons (Fsp3) is 0.471. The lowest BCUT2D eigenvalue weighted by Gasteiger charge is -2.56. The fourth-order valence-corrected chi connectivity index (χ4v) is 3.45. The van der Waals surface area contributed by atoms with Crippen LogP contribution >= 0.6 is 0 Å². The van der Waals surface area contributed by atoms with Crippen LogP contribution in [-0.4, -0.2) is 12.6 Å². The predicted octanol–water partition coefficient (Wildman–Crippen LogP) is 3.84. The summed E-state index contributed by atoms with van der Waals surface area (Å²) in [7, 11) is 0. The Labute approximate surface area is 114 Å². The van der Waals surface area contributed by atoms with Crippen molar-refractivity contribution in [1.82, 2.24) is 0 Å². The SMILES string of the molecule is CC1(C)[C@@H]2CC=C(COC(=O)c3ccccc3)[C@H]1C2. The highest BCUT2D eigenvalue weighted by atomic mass is 16.5. The van der Waals surface area contributed by atoms with E-state index in [1.807, 2.05) is 18.2 Å². The Morgan fingerprint density at radius 1 is 1.32 bits per heavy atom. The molecule has 0 aliphatic heterocycles. The average molecular weight is 256 g/mol. The summed E-state index contributed by atoms with van der Waals surface area (Å²) in [6.45, 7) is 5.12. The first kappa shape index (κ1) is 12.5. The molecule has 19 heavy (non-hydrogen) atoms. The second kappa shape index (κ2) is 4.52. The van der Waals surface area contributed by atoms with Crippen molar-refractivity contribution in [2.45, 2.75) is 26.7 Å². The normalized spacial score (nSPS) is 27.2. The van der Waals surface area contributed by atoms with E-state index >= 15 is 0 Å². The second-order valence-corrected chi connectivity index (χ2v) is 6.26. The Kier molecular flexibility index (Phi) is 2.96. The molecule has 2 atom stereocenters. The van der Waals surface area contributed by atoms with Crippen molar-refractivity contribution in [3.8, 4) is 0 Å². The van der Waals surface area contributed by atoms with Crippen molar-refractivity contribution in [1.29, 1.82) is 0 Å². The molecule has 0 radical (unpaired) electrons. The van der Waals surface area contributed by atoms with Crippen LogP contribution in [0.5, 0.6) is 0 Å². The van der Waals surface area contributed by atoms with Crippen LogP contribution in [0.3, 0.4) is 0 Å². The molecule has 2 nitrogen and oxygen atoms in total. The van der Waals surface area contributed by atoms with E-state index in [0.29, 0.717) is 23.5 Å². The Morgan fingerprint density at radius 2 is 2.05 bits per heavy atom. The molecule has 1 aromatic rings. The number of carbonyl (C=O) groups is 1. The van der Waals surface area contributed by atoms with E-state index in [0.717, 1.165) is 12.3 Å². The van der Waals surface area contributed by atoms with Crippen molar-refractivity contribution in [2.24, 2.45) is 17.3 Å². The number of rotatable bonds is 3. The molecule has 1 aromatic carbocycles. The molecule has 2 bridgehead atoms. The number of carbonyl (C=O) groups excluding carboxylic acids is 1. The van der Waals surface area contributed by atoms with Crippen molar-refractivity contribution < 1.29 is 9.53 Å². The largest absolute Gasteiger partial charge is 0.458 e. The first-order valence-corrected chi connectivity index (χ1v) is 7.00. The van der Waals surface area contributed by atoms with E-state index < -0.39 is 0 Å². The molecule has 0 amide bonds. The summed E-state index contributed by atoms with van der Waals surface area (Å²) in [4.78, 5) is 11.9. The van der Waals surface area contributed by atoms with Crippen LogP contribution in [0.25, 0.3) is 0 Å². The van der Waals surface area contributed by atoms with Gasteiger partial charge >= 0.3 is 5.97 Å². The standard InChI is InChI=1S/C17H20O2/c1-17(2)14-9-8-13(15(17)10-14)11-19-16(18)12-6-4-3-5-7-12/h3-8,14-15H,9-11H2,1-2H3/t14-,15-/m1/s1. The lowest BCUT2D eigenvalue weighted by molar-refractivity contribution is -0.0155. The zero-order chi connectivity index (χ0) is 13.5. The maximum Gasteiger partial charge on any atom is 0.338 e. The second-order valence-electron chi connectivity index (χ2n) is 6.26. The molecular weight excluding hydrogens is 236 g/mol. The van der Waals surface area contributed by atoms with Gasteiger partial charge in [0.1, 0.15) is 6.61 Å². The van der Waals surface area contributed by atoms with Gasteiger partial charge in [-0.1, -0.05) is 38.1 Å². The Morgan fingerprint density at radius 3 is 2.68 bits per heavy atom. The highest BCUT2D eigenvalue weighted by molar-refractivity contribution is 5.89. The van der Waals surface area contributed by atoms with E-state index in [1.54, 1.807) is 12.1 Å². The lowest BCUT2D eigenvalue weighted by Crippen LogP contribution is -2.48. The van der Waals surface area contributed by atoms with Gasteiger partial charge in [-0.05, 0) is 47.8 Å². The van der Waals surface area contributed by atoms with Gasteiger partial charge in [-0.2, -0.15) is 0 Å². The highest BCUT2D eigenvalue weighted by Crippen LogP contribution is 2.59. The number of esters is 1. The van der Waals surface area contributed by atoms with Crippen molar-refractivity contribution in [2.75, 3.05) is 6.61 Å². The van der Waals surface area contributed by atoms with Gasteiger partial charge in [0.05, 0.1) is 5.56 Å². The minimum absolute atomic E-state index is 0.222. The third-order valence-electron chi connectivity index (χ3n) is 4.96. The molecule has 0 spiro atoms. The van der Waals surface area contributed by atoms with E-state index in [1.165, 1.54) is 12.0 Å². The Bertz CT molecular complexity index is 513. The zero-order valence-corrected chi connectivity index (χ0v) is 11.6. The maximum absolute atomic E-state index is 11.9. The highest BCUT2D eigenvalue weighted by Gasteiger charge is 2.51. The summed E-state index contributed by atoms with van der Waals surface area (Å²) < 4.78 is 5.45. The number of hydrogen-bond acceptors (Lipinski definition) is 2. The summed E-state index contributed by atoms with van der Waals surface area (Å²) in [5.41, 5.74) is 2.34. The molecular formula is C17H20O2. The van der Waals surface area contributed by atoms with Crippen LogP contribution in [0.15, 0.2) is 42.0 Å². The van der Waals surface area contributed by atoms with Crippen molar-refractivity contribution >= 4 is 5.97 Å². The Balaban J connectivity index is 1.62. The van der Waals surface area contributed by atoms with Gasteiger partial charge in [0.2, 0.25) is 0 Å². The number of allylic oxidation sites excluding steroid dienone is 1. The van der Waals surface area contributed by atoms with Gasteiger partial charge in [-0.15, -0.1) is 0 Å². The quantitative estimate of drug-likeness (QED) is 0.606. The smallest absolute Gasteiger partial charge is 0.338 e. The predicted molar refractivity (Wildman–Crippen MR) is 74.8 cm³/mol. The average Bonchev–Trinajstić information content (AvgIpc) is 2.45. The molecule has 0 aromatic heterocycles. The summed E-state index contributed by atoms with van der Waals surface area (Å²) in [6, 6.07) is 9.20. The third-order valence-corrected chi connectivity index (χ3v) is 4.96. The van der Waals surface area contributed by atoms with Gasteiger partial charge < -0.3 is 4.74 Å². The molecule has 3 aliphatic rings. The minimum atomic E-state index is -0.222. The third kappa shape index (κ3) is 2.09. The summed E-state index contributed by atoms with van der Waals surface area (Å²) in [5, 5.41) is 0. The Hall–Kier alpha value is -1.57. The summed E-state index contributed by atoms with van der Waals surface area (Å²) in [5.74, 6) is 1.21. The number of benzene rings is 1. The van der Waals surface area contributed by atoms with Crippen LogP contribution in [0, 0.1) is 17.3 Å². The molecule has 1 fully saturated rings. The molecule has 2 heteroatoms. The topological polar surface area (TPSA) is 26.3 Å². The van der Waals surface area contributed by atoms with E-state index in [4.69, 9.17) is 4.74 Å². The first-order chi connectivity index (χ1) is 9.09. The van der Waals surface area contributed by atoms with Gasteiger partial charge in [0.25, 0.3) is 0 Å². The first-order valence-electron chi connectivity index (χ1n) is 7.00. The number of hydrogen-bond donors (Lipinski definition) is 0. The minimum Gasteiger partial charge on any atom is -0.458 e. The van der Waals surface area contributed by atoms with Crippen LogP contribution in [0.4, 0.5) is 0 Å². The molecule has 0 unspecified atom stereocenters. The molecule has 0 saturated heterocycles. The molecule has 0 N–H and O–H groups in total. The zero-order valence-electron chi connectivity index (χ0n) is 11.6. The van der Waals surface area contributed by atoms with E-state index in [-0.39, 0.29) is 5.97 Å². The molecule has 3 aliphatic carbocycles. The van der Waals surface area contributed by atoms with Gasteiger partial charge in [0, 0.05) is 0 Å². The van der Waals surface area contributed by atoms with Crippen molar-refractivity contribution in [3.05, 3.63) is 47.5 Å². The van der Waals surface area contributed by atoms with Crippen LogP contribution in [0.2, 0.25) is 0 Å². The maximum atomic E-state index is 11.9. The summed E-state index contributed by atoms with van der Waals surface area (Å²) >= 11 is 0. The number of fused-ring (bicyclic) bond motifs is 1.